The van der Waals surface area contributed by atoms with Crippen molar-refractivity contribution in [3.8, 4) is 11.5 Å². The molecule has 0 fully saturated rings. The molecule has 0 aliphatic rings. The summed E-state index contributed by atoms with van der Waals surface area (Å²) in [4.78, 5) is 32.7. The van der Waals surface area contributed by atoms with Crippen LogP contribution in [-0.2, 0) is 14.3 Å². The van der Waals surface area contributed by atoms with Crippen LogP contribution in [0.25, 0.3) is 0 Å². The van der Waals surface area contributed by atoms with Gasteiger partial charge in [0, 0.05) is 12.8 Å². The van der Waals surface area contributed by atoms with Gasteiger partial charge in [-0.3, -0.25) is 9.59 Å². The highest BCUT2D eigenvalue weighted by Crippen LogP contribution is 2.18. The van der Waals surface area contributed by atoms with Crippen molar-refractivity contribution in [3.63, 3.8) is 0 Å². The molecule has 0 aliphatic heterocycles. The van der Waals surface area contributed by atoms with Crippen LogP contribution in [-0.4, -0.2) is 30.3 Å². The van der Waals surface area contributed by atoms with Crippen LogP contribution in [0.4, 0.5) is 4.79 Å². The van der Waals surface area contributed by atoms with E-state index < -0.39 is 12.1 Å². The molecule has 7 heteroatoms. The Kier molecular flexibility index (Phi) is 8.20. The molecule has 1 aromatic rings. The highest BCUT2D eigenvalue weighted by atomic mass is 16.7. The monoisotopic (exact) mass is 324 g/mol. The van der Waals surface area contributed by atoms with Gasteiger partial charge in [-0.15, -0.1) is 0 Å². The van der Waals surface area contributed by atoms with Gasteiger partial charge in [-0.25, -0.2) is 4.79 Å². The molecule has 0 aromatic heterocycles. The van der Waals surface area contributed by atoms with Crippen LogP contribution < -0.4 is 9.47 Å². The van der Waals surface area contributed by atoms with E-state index in [4.69, 9.17) is 14.6 Å². The van der Waals surface area contributed by atoms with E-state index in [1.807, 2.05) is 0 Å². The van der Waals surface area contributed by atoms with Gasteiger partial charge in [0.1, 0.15) is 11.5 Å². The fourth-order valence-corrected chi connectivity index (χ4v) is 1.87. The molecule has 0 heterocycles. The number of hydrogen-bond acceptors (Lipinski definition) is 6. The van der Waals surface area contributed by atoms with Crippen LogP contribution in [0.15, 0.2) is 24.3 Å². The molecule has 1 rings (SSSR count). The molecule has 126 valence electrons. The predicted octanol–water partition coefficient (Wildman–Crippen LogP) is 3.16. The number of rotatable bonds is 9. The summed E-state index contributed by atoms with van der Waals surface area (Å²) in [6.07, 6.45) is 1.38. The standard InChI is InChI=1S/C16H20O7/c1-21-12-8-10-13(11-9-12)22-14(17)6-4-2-3-5-7-15(18)23-16(19)20/h8-11H,2-7H2,1H3,(H,19,20). The molecular weight excluding hydrogens is 304 g/mol. The fraction of sp³-hybridized carbons (Fsp3) is 0.438. The molecule has 0 saturated heterocycles. The van der Waals surface area contributed by atoms with Crippen LogP contribution in [0.5, 0.6) is 11.5 Å². The summed E-state index contributed by atoms with van der Waals surface area (Å²) in [7, 11) is 1.56. The summed E-state index contributed by atoms with van der Waals surface area (Å²) < 4.78 is 14.1. The Labute approximate surface area is 134 Å². The largest absolute Gasteiger partial charge is 0.513 e. The van der Waals surface area contributed by atoms with Gasteiger partial charge in [0.25, 0.3) is 0 Å². The van der Waals surface area contributed by atoms with Crippen molar-refractivity contribution in [3.05, 3.63) is 24.3 Å². The molecule has 0 saturated carbocycles. The fourth-order valence-electron chi connectivity index (χ4n) is 1.87. The summed E-state index contributed by atoms with van der Waals surface area (Å²) >= 11 is 0. The van der Waals surface area contributed by atoms with Crippen LogP contribution >= 0.6 is 0 Å². The van der Waals surface area contributed by atoms with E-state index >= 15 is 0 Å². The number of carbonyl (C=O) groups is 3. The van der Waals surface area contributed by atoms with E-state index in [9.17, 15) is 14.4 Å². The average Bonchev–Trinajstić information content (AvgIpc) is 2.50. The molecule has 1 aromatic carbocycles. The van der Waals surface area contributed by atoms with E-state index in [2.05, 4.69) is 4.74 Å². The second kappa shape index (κ2) is 10.2. The first kappa shape index (κ1) is 18.5. The molecule has 0 radical (unpaired) electrons. The number of esters is 2. The van der Waals surface area contributed by atoms with Crippen molar-refractivity contribution in [2.24, 2.45) is 0 Å². The van der Waals surface area contributed by atoms with Crippen molar-refractivity contribution in [2.45, 2.75) is 38.5 Å². The van der Waals surface area contributed by atoms with E-state index in [0.717, 1.165) is 6.42 Å². The number of unbranched alkanes of at least 4 members (excludes halogenated alkanes) is 3. The molecular formula is C16H20O7. The second-order valence-corrected chi connectivity index (χ2v) is 4.80. The number of hydrogen-bond donors (Lipinski definition) is 1. The van der Waals surface area contributed by atoms with Gasteiger partial charge in [-0.1, -0.05) is 12.8 Å². The van der Waals surface area contributed by atoms with Gasteiger partial charge in [0.15, 0.2) is 0 Å². The molecule has 0 amide bonds. The first-order valence-electron chi connectivity index (χ1n) is 7.29. The number of benzene rings is 1. The van der Waals surface area contributed by atoms with Gasteiger partial charge in [-0.05, 0) is 37.1 Å². The minimum absolute atomic E-state index is 0.0581. The van der Waals surface area contributed by atoms with Gasteiger partial charge >= 0.3 is 18.1 Å². The molecule has 1 N–H and O–H groups in total. The predicted molar refractivity (Wildman–Crippen MR) is 80.4 cm³/mol. The van der Waals surface area contributed by atoms with Gasteiger partial charge in [0.2, 0.25) is 0 Å². The molecule has 7 nitrogen and oxygen atoms in total. The Balaban J connectivity index is 2.09. The average molecular weight is 324 g/mol. The van der Waals surface area contributed by atoms with Crippen LogP contribution in [0, 0.1) is 0 Å². The highest BCUT2D eigenvalue weighted by molar-refractivity contribution is 5.80. The maximum atomic E-state index is 11.6. The highest BCUT2D eigenvalue weighted by Gasteiger charge is 2.08. The maximum Gasteiger partial charge on any atom is 0.513 e. The quantitative estimate of drug-likeness (QED) is 0.322. The van der Waals surface area contributed by atoms with Crippen molar-refractivity contribution in [2.75, 3.05) is 7.11 Å². The van der Waals surface area contributed by atoms with Crippen LogP contribution in [0.3, 0.4) is 0 Å². The Morgan fingerprint density at radius 2 is 1.39 bits per heavy atom. The Morgan fingerprint density at radius 3 is 1.91 bits per heavy atom. The molecule has 23 heavy (non-hydrogen) atoms. The first-order chi connectivity index (χ1) is 11.0. The lowest BCUT2D eigenvalue weighted by molar-refractivity contribution is -0.139. The molecule has 0 bridgehead atoms. The van der Waals surface area contributed by atoms with Crippen molar-refractivity contribution in [1.29, 1.82) is 0 Å². The number of carbonyl (C=O) groups excluding carboxylic acids is 2. The molecule has 0 aliphatic carbocycles. The summed E-state index contributed by atoms with van der Waals surface area (Å²) in [6.45, 7) is 0. The minimum Gasteiger partial charge on any atom is -0.497 e. The zero-order valence-corrected chi connectivity index (χ0v) is 12.9. The van der Waals surface area contributed by atoms with E-state index in [0.29, 0.717) is 30.8 Å². The summed E-state index contributed by atoms with van der Waals surface area (Å²) in [5, 5.41) is 8.23. The lowest BCUT2D eigenvalue weighted by Crippen LogP contribution is -2.09. The van der Waals surface area contributed by atoms with Crippen molar-refractivity contribution < 1.29 is 33.7 Å². The summed E-state index contributed by atoms with van der Waals surface area (Å²) in [5.41, 5.74) is 0. The van der Waals surface area contributed by atoms with Gasteiger partial charge in [0.05, 0.1) is 7.11 Å². The van der Waals surface area contributed by atoms with Crippen LogP contribution in [0.1, 0.15) is 38.5 Å². The smallest absolute Gasteiger partial charge is 0.497 e. The summed E-state index contributed by atoms with van der Waals surface area (Å²) in [6, 6.07) is 6.73. The number of carboxylic acid groups (broad SMARTS) is 1. The molecule has 0 unspecified atom stereocenters. The van der Waals surface area contributed by atoms with Crippen LogP contribution in [0.2, 0.25) is 0 Å². The lowest BCUT2D eigenvalue weighted by atomic mass is 10.1. The van der Waals surface area contributed by atoms with Gasteiger partial charge in [-0.2, -0.15) is 0 Å². The third-order valence-corrected chi connectivity index (χ3v) is 3.00. The summed E-state index contributed by atoms with van der Waals surface area (Å²) in [5.74, 6) is 0.0790. The Bertz CT molecular complexity index is 522. The third-order valence-electron chi connectivity index (χ3n) is 3.00. The zero-order chi connectivity index (χ0) is 17.1. The van der Waals surface area contributed by atoms with E-state index in [1.165, 1.54) is 0 Å². The maximum absolute atomic E-state index is 11.6. The lowest BCUT2D eigenvalue weighted by Gasteiger charge is -2.05. The molecule has 0 atom stereocenters. The number of methoxy groups -OCH3 is 1. The van der Waals surface area contributed by atoms with Crippen molar-refractivity contribution >= 4 is 18.1 Å². The minimum atomic E-state index is -1.59. The van der Waals surface area contributed by atoms with E-state index in [-0.39, 0.29) is 18.8 Å². The third kappa shape index (κ3) is 8.45. The van der Waals surface area contributed by atoms with E-state index in [1.54, 1.807) is 31.4 Å². The second-order valence-electron chi connectivity index (χ2n) is 4.80. The first-order valence-corrected chi connectivity index (χ1v) is 7.29. The zero-order valence-electron chi connectivity index (χ0n) is 12.9. The Morgan fingerprint density at radius 1 is 0.870 bits per heavy atom. The van der Waals surface area contributed by atoms with Gasteiger partial charge < -0.3 is 19.3 Å². The normalized spacial score (nSPS) is 9.96. The number of ether oxygens (including phenoxy) is 3. The SMILES string of the molecule is COc1ccc(OC(=O)CCCCCCC(=O)OC(=O)O)cc1. The molecule has 0 spiro atoms. The van der Waals surface area contributed by atoms with Crippen molar-refractivity contribution in [1.82, 2.24) is 0 Å². The topological polar surface area (TPSA) is 99.1 Å². The Hall–Kier alpha value is -2.57.